The van der Waals surface area contributed by atoms with Crippen molar-refractivity contribution in [2.24, 2.45) is 0 Å². The van der Waals surface area contributed by atoms with Crippen molar-refractivity contribution in [3.8, 4) is 22.8 Å². The number of nitrogens with zero attached hydrogens (tertiary/aromatic N) is 2. The van der Waals surface area contributed by atoms with E-state index in [1.165, 1.54) is 10.7 Å². The molecule has 0 spiro atoms. The van der Waals surface area contributed by atoms with Gasteiger partial charge >= 0.3 is 0 Å². The Hall–Kier alpha value is -3.61. The largest absolute Gasteiger partial charge is 0.497 e. The molecule has 1 unspecified atom stereocenters. The molecule has 0 aliphatic rings. The SMILES string of the molecule is COc1cccc(NC(=O)C(C)n2nc(-c3cccc(OC)c3)ccc2=O)c1. The lowest BCUT2D eigenvalue weighted by Crippen LogP contribution is -2.33. The molecule has 1 atom stereocenters. The van der Waals surface area contributed by atoms with Gasteiger partial charge in [-0.05, 0) is 37.3 Å². The van der Waals surface area contributed by atoms with E-state index in [-0.39, 0.29) is 11.5 Å². The third-order valence-corrected chi connectivity index (χ3v) is 4.27. The van der Waals surface area contributed by atoms with Crippen LogP contribution in [0.15, 0.2) is 65.5 Å². The molecule has 144 valence electrons. The van der Waals surface area contributed by atoms with Crippen LogP contribution in [0.5, 0.6) is 11.5 Å². The van der Waals surface area contributed by atoms with Crippen molar-refractivity contribution in [3.63, 3.8) is 0 Å². The van der Waals surface area contributed by atoms with Crippen LogP contribution < -0.4 is 20.3 Å². The van der Waals surface area contributed by atoms with Crippen LogP contribution in [0.25, 0.3) is 11.3 Å². The van der Waals surface area contributed by atoms with Crippen molar-refractivity contribution >= 4 is 11.6 Å². The second-order valence-corrected chi connectivity index (χ2v) is 6.13. The first-order valence-electron chi connectivity index (χ1n) is 8.71. The average molecular weight is 379 g/mol. The molecule has 1 aromatic heterocycles. The van der Waals surface area contributed by atoms with Gasteiger partial charge in [0.1, 0.15) is 17.5 Å². The molecule has 0 saturated heterocycles. The highest BCUT2D eigenvalue weighted by Crippen LogP contribution is 2.22. The molecule has 1 N–H and O–H groups in total. The zero-order chi connectivity index (χ0) is 20.1. The Morgan fingerprint density at radius 1 is 1.00 bits per heavy atom. The maximum atomic E-state index is 12.6. The summed E-state index contributed by atoms with van der Waals surface area (Å²) in [5.74, 6) is 0.951. The monoisotopic (exact) mass is 379 g/mol. The molecule has 0 saturated carbocycles. The van der Waals surface area contributed by atoms with Crippen LogP contribution >= 0.6 is 0 Å². The van der Waals surface area contributed by atoms with Crippen molar-refractivity contribution in [3.05, 3.63) is 71.0 Å². The first-order chi connectivity index (χ1) is 13.5. The number of rotatable bonds is 6. The number of carbonyl (C=O) groups is 1. The van der Waals surface area contributed by atoms with Crippen LogP contribution in [0.1, 0.15) is 13.0 Å². The predicted octanol–water partition coefficient (Wildman–Crippen LogP) is 3.13. The highest BCUT2D eigenvalue weighted by atomic mass is 16.5. The Bertz CT molecular complexity index is 1050. The number of nitrogens with one attached hydrogen (secondary N) is 1. The van der Waals surface area contributed by atoms with Gasteiger partial charge in [0.25, 0.3) is 5.56 Å². The van der Waals surface area contributed by atoms with Gasteiger partial charge in [-0.3, -0.25) is 9.59 Å². The highest BCUT2D eigenvalue weighted by Gasteiger charge is 2.18. The molecule has 7 nitrogen and oxygen atoms in total. The molecular weight excluding hydrogens is 358 g/mol. The Balaban J connectivity index is 1.87. The van der Waals surface area contributed by atoms with Crippen LogP contribution in [-0.4, -0.2) is 29.9 Å². The zero-order valence-electron chi connectivity index (χ0n) is 15.9. The van der Waals surface area contributed by atoms with Gasteiger partial charge in [-0.15, -0.1) is 0 Å². The fourth-order valence-corrected chi connectivity index (χ4v) is 2.70. The quantitative estimate of drug-likeness (QED) is 0.712. The summed E-state index contributed by atoms with van der Waals surface area (Å²) in [6.07, 6.45) is 0. The van der Waals surface area contributed by atoms with Crippen molar-refractivity contribution in [2.45, 2.75) is 13.0 Å². The molecule has 3 aromatic rings. The maximum absolute atomic E-state index is 12.6. The van der Waals surface area contributed by atoms with Crippen LogP contribution in [-0.2, 0) is 4.79 Å². The highest BCUT2D eigenvalue weighted by molar-refractivity contribution is 5.93. The van der Waals surface area contributed by atoms with E-state index in [1.54, 1.807) is 51.5 Å². The van der Waals surface area contributed by atoms with E-state index in [9.17, 15) is 9.59 Å². The number of carbonyl (C=O) groups excluding carboxylic acids is 1. The van der Waals surface area contributed by atoms with Gasteiger partial charge in [0.2, 0.25) is 5.91 Å². The van der Waals surface area contributed by atoms with E-state index in [1.807, 2.05) is 24.3 Å². The van der Waals surface area contributed by atoms with E-state index in [0.29, 0.717) is 22.9 Å². The van der Waals surface area contributed by atoms with Crippen LogP contribution in [0.3, 0.4) is 0 Å². The Kier molecular flexibility index (Phi) is 5.74. The molecule has 7 heteroatoms. The van der Waals surface area contributed by atoms with Gasteiger partial charge in [-0.1, -0.05) is 18.2 Å². The molecule has 3 rings (SSSR count). The fourth-order valence-electron chi connectivity index (χ4n) is 2.70. The van der Waals surface area contributed by atoms with Gasteiger partial charge in [-0.2, -0.15) is 5.10 Å². The standard InChI is InChI=1S/C21H21N3O4/c1-14(21(26)22-16-7-5-9-18(13-16)28-3)24-20(25)11-10-19(23-24)15-6-4-8-17(12-15)27-2/h4-14H,1-3H3,(H,22,26). The summed E-state index contributed by atoms with van der Waals surface area (Å²) in [5, 5.41) is 7.16. The van der Waals surface area contributed by atoms with Gasteiger partial charge < -0.3 is 14.8 Å². The van der Waals surface area contributed by atoms with Crippen LogP contribution in [0, 0.1) is 0 Å². The van der Waals surface area contributed by atoms with Gasteiger partial charge in [0.05, 0.1) is 19.9 Å². The van der Waals surface area contributed by atoms with E-state index in [4.69, 9.17) is 9.47 Å². The molecule has 1 amide bonds. The number of hydrogen-bond acceptors (Lipinski definition) is 5. The summed E-state index contributed by atoms with van der Waals surface area (Å²) in [6.45, 7) is 1.62. The predicted molar refractivity (Wildman–Crippen MR) is 107 cm³/mol. The normalized spacial score (nSPS) is 11.5. The third kappa shape index (κ3) is 4.20. The van der Waals surface area contributed by atoms with E-state index in [2.05, 4.69) is 10.4 Å². The molecule has 0 aliphatic heterocycles. The Morgan fingerprint density at radius 3 is 2.39 bits per heavy atom. The first-order valence-corrected chi connectivity index (χ1v) is 8.71. The van der Waals surface area contributed by atoms with Gasteiger partial charge in [0, 0.05) is 23.4 Å². The summed E-state index contributed by atoms with van der Waals surface area (Å²) < 4.78 is 11.6. The molecular formula is C21H21N3O4. The summed E-state index contributed by atoms with van der Waals surface area (Å²) in [7, 11) is 3.13. The van der Waals surface area contributed by atoms with E-state index >= 15 is 0 Å². The number of ether oxygens (including phenoxy) is 2. The molecule has 0 radical (unpaired) electrons. The minimum absolute atomic E-state index is 0.356. The van der Waals surface area contributed by atoms with Gasteiger partial charge in [-0.25, -0.2) is 4.68 Å². The Morgan fingerprint density at radius 2 is 1.68 bits per heavy atom. The van der Waals surface area contributed by atoms with Crippen molar-refractivity contribution in [1.82, 2.24) is 9.78 Å². The third-order valence-electron chi connectivity index (χ3n) is 4.27. The number of amides is 1. The lowest BCUT2D eigenvalue weighted by molar-refractivity contribution is -0.119. The minimum Gasteiger partial charge on any atom is -0.497 e. The molecule has 1 heterocycles. The van der Waals surface area contributed by atoms with Crippen molar-refractivity contribution in [2.75, 3.05) is 19.5 Å². The molecule has 0 fully saturated rings. The minimum atomic E-state index is -0.802. The Labute approximate surface area is 162 Å². The number of benzene rings is 2. The molecule has 2 aromatic carbocycles. The van der Waals surface area contributed by atoms with Crippen LogP contribution in [0.2, 0.25) is 0 Å². The second-order valence-electron chi connectivity index (χ2n) is 6.13. The molecule has 0 aliphatic carbocycles. The number of hydrogen-bond donors (Lipinski definition) is 1. The molecule has 28 heavy (non-hydrogen) atoms. The zero-order valence-corrected chi connectivity index (χ0v) is 15.9. The summed E-state index contributed by atoms with van der Waals surface area (Å²) >= 11 is 0. The number of aromatic nitrogens is 2. The second kappa shape index (κ2) is 8.39. The summed E-state index contributed by atoms with van der Waals surface area (Å²) in [5.41, 5.74) is 1.57. The summed E-state index contributed by atoms with van der Waals surface area (Å²) in [4.78, 5) is 24.9. The fraction of sp³-hybridized carbons (Fsp3) is 0.190. The molecule has 0 bridgehead atoms. The lowest BCUT2D eigenvalue weighted by Gasteiger charge is -2.15. The smallest absolute Gasteiger partial charge is 0.267 e. The summed E-state index contributed by atoms with van der Waals surface area (Å²) in [6, 6.07) is 16.6. The van der Waals surface area contributed by atoms with Crippen molar-refractivity contribution in [1.29, 1.82) is 0 Å². The van der Waals surface area contributed by atoms with Crippen LogP contribution in [0.4, 0.5) is 5.69 Å². The van der Waals surface area contributed by atoms with Gasteiger partial charge in [0.15, 0.2) is 0 Å². The average Bonchev–Trinajstić information content (AvgIpc) is 2.73. The lowest BCUT2D eigenvalue weighted by atomic mass is 10.1. The van der Waals surface area contributed by atoms with E-state index < -0.39 is 6.04 Å². The number of anilines is 1. The number of methoxy groups -OCH3 is 2. The maximum Gasteiger partial charge on any atom is 0.267 e. The van der Waals surface area contributed by atoms with E-state index in [0.717, 1.165) is 5.56 Å². The first kappa shape index (κ1) is 19.2. The van der Waals surface area contributed by atoms with Crippen molar-refractivity contribution < 1.29 is 14.3 Å². The topological polar surface area (TPSA) is 82.4 Å².